The zero-order valence-electron chi connectivity index (χ0n) is 23.3. The molecule has 4 heterocycles. The summed E-state index contributed by atoms with van der Waals surface area (Å²) in [6.07, 6.45) is 10.6. The Labute approximate surface area is 231 Å². The van der Waals surface area contributed by atoms with Crippen LogP contribution in [0.25, 0.3) is 0 Å². The zero-order chi connectivity index (χ0) is 27.8. The number of likely N-dealkylation sites (tertiary alicyclic amines) is 1. The highest BCUT2D eigenvalue weighted by atomic mass is 16.5. The van der Waals surface area contributed by atoms with Gasteiger partial charge in [0.15, 0.2) is 0 Å². The summed E-state index contributed by atoms with van der Waals surface area (Å²) in [4.78, 5) is 48.1. The van der Waals surface area contributed by atoms with Gasteiger partial charge in [0, 0.05) is 26.2 Å². The monoisotopic (exact) mass is 535 g/mol. The molecule has 0 saturated carbocycles. The molecule has 1 unspecified atom stereocenters. The summed E-state index contributed by atoms with van der Waals surface area (Å²) in [5.41, 5.74) is -1.36. The second-order valence-corrected chi connectivity index (χ2v) is 11.5. The third kappa shape index (κ3) is 4.51. The van der Waals surface area contributed by atoms with E-state index in [1.165, 1.54) is 0 Å². The Morgan fingerprint density at radius 1 is 0.923 bits per heavy atom. The predicted molar refractivity (Wildman–Crippen MR) is 147 cm³/mol. The van der Waals surface area contributed by atoms with E-state index in [-0.39, 0.29) is 24.3 Å². The van der Waals surface area contributed by atoms with Gasteiger partial charge in [-0.2, -0.15) is 0 Å². The summed E-state index contributed by atoms with van der Waals surface area (Å²) in [6.45, 7) is 7.73. The summed E-state index contributed by atoms with van der Waals surface area (Å²) in [5.74, 6) is -2.22. The second-order valence-electron chi connectivity index (χ2n) is 11.5. The average molecular weight is 536 g/mol. The van der Waals surface area contributed by atoms with Crippen LogP contribution in [0, 0.1) is 11.8 Å². The number of aliphatic hydroxyl groups is 1. The van der Waals surface area contributed by atoms with Crippen molar-refractivity contribution in [3.63, 3.8) is 0 Å². The SMILES string of the molecule is CCCCN1CC=C[C@]23O[C@]4(C)C=CCN(CCC)C(=O)[C@@H]4[C@H]2C(=O)N([C@@H](CO)Cc2ccccc2)C3C1=O. The molecule has 3 amide bonds. The van der Waals surface area contributed by atoms with E-state index in [4.69, 9.17) is 4.74 Å². The Bertz CT molecular complexity index is 1150. The lowest BCUT2D eigenvalue weighted by atomic mass is 9.74. The maximum Gasteiger partial charge on any atom is 0.249 e. The molecular formula is C31H41N3O5. The van der Waals surface area contributed by atoms with Crippen LogP contribution >= 0.6 is 0 Å². The van der Waals surface area contributed by atoms with Gasteiger partial charge in [0.1, 0.15) is 11.6 Å². The molecule has 8 nitrogen and oxygen atoms in total. The van der Waals surface area contributed by atoms with Crippen molar-refractivity contribution in [1.29, 1.82) is 0 Å². The first-order valence-electron chi connectivity index (χ1n) is 14.4. The largest absolute Gasteiger partial charge is 0.394 e. The third-order valence-corrected chi connectivity index (χ3v) is 8.86. The number of unbranched alkanes of at least 4 members (excludes halogenated alkanes) is 1. The molecule has 0 radical (unpaired) electrons. The van der Waals surface area contributed by atoms with Gasteiger partial charge in [0.25, 0.3) is 0 Å². The molecule has 6 atom stereocenters. The molecule has 1 N–H and O–H groups in total. The van der Waals surface area contributed by atoms with Crippen molar-refractivity contribution in [2.24, 2.45) is 11.8 Å². The molecule has 2 saturated heterocycles. The molecule has 0 aliphatic carbocycles. The maximum absolute atomic E-state index is 14.6. The van der Waals surface area contributed by atoms with Gasteiger partial charge < -0.3 is 24.5 Å². The molecule has 39 heavy (non-hydrogen) atoms. The minimum absolute atomic E-state index is 0.114. The van der Waals surface area contributed by atoms with E-state index >= 15 is 0 Å². The molecule has 210 valence electrons. The Balaban J connectivity index is 1.62. The van der Waals surface area contributed by atoms with Crippen LogP contribution in [0.4, 0.5) is 0 Å². The van der Waals surface area contributed by atoms with Crippen molar-refractivity contribution in [3.8, 4) is 0 Å². The normalized spacial score (nSPS) is 32.7. The van der Waals surface area contributed by atoms with Gasteiger partial charge >= 0.3 is 0 Å². The molecule has 8 heteroatoms. The number of carbonyl (C=O) groups is 3. The predicted octanol–water partition coefficient (Wildman–Crippen LogP) is 2.57. The van der Waals surface area contributed by atoms with Gasteiger partial charge in [-0.1, -0.05) is 74.9 Å². The number of benzene rings is 1. The molecule has 2 fully saturated rings. The minimum atomic E-state index is -1.30. The number of hydrogen-bond donors (Lipinski definition) is 1. The van der Waals surface area contributed by atoms with E-state index in [0.29, 0.717) is 32.6 Å². The molecule has 1 aromatic rings. The number of ether oxygens (including phenoxy) is 1. The smallest absolute Gasteiger partial charge is 0.249 e. The number of nitrogens with zero attached hydrogens (tertiary/aromatic N) is 3. The van der Waals surface area contributed by atoms with Gasteiger partial charge in [-0.25, -0.2) is 0 Å². The Kier molecular flexibility index (Phi) is 7.71. The van der Waals surface area contributed by atoms with Gasteiger partial charge in [0.05, 0.1) is 30.1 Å². The number of rotatable bonds is 9. The van der Waals surface area contributed by atoms with Crippen LogP contribution in [-0.2, 0) is 25.5 Å². The molecule has 4 aliphatic rings. The van der Waals surface area contributed by atoms with Crippen molar-refractivity contribution in [3.05, 3.63) is 60.2 Å². The first-order valence-corrected chi connectivity index (χ1v) is 14.4. The number of aliphatic hydroxyl groups excluding tert-OH is 1. The highest BCUT2D eigenvalue weighted by molar-refractivity contribution is 6.00. The van der Waals surface area contributed by atoms with Gasteiger partial charge in [0.2, 0.25) is 17.7 Å². The summed E-state index contributed by atoms with van der Waals surface area (Å²) < 4.78 is 6.88. The van der Waals surface area contributed by atoms with Crippen LogP contribution in [0.1, 0.15) is 45.6 Å². The first-order chi connectivity index (χ1) is 18.8. The van der Waals surface area contributed by atoms with Crippen LogP contribution in [0.3, 0.4) is 0 Å². The van der Waals surface area contributed by atoms with E-state index in [1.807, 2.05) is 68.5 Å². The topological polar surface area (TPSA) is 90.4 Å². The summed E-state index contributed by atoms with van der Waals surface area (Å²) in [5, 5.41) is 10.6. The lowest BCUT2D eigenvalue weighted by molar-refractivity contribution is -0.155. The molecule has 1 aromatic carbocycles. The molecule has 4 aliphatic heterocycles. The van der Waals surface area contributed by atoms with Crippen LogP contribution in [0.2, 0.25) is 0 Å². The number of hydrogen-bond acceptors (Lipinski definition) is 5. The van der Waals surface area contributed by atoms with E-state index in [2.05, 4.69) is 6.92 Å². The number of carbonyl (C=O) groups excluding carboxylic acids is 3. The fraction of sp³-hybridized carbons (Fsp3) is 0.581. The van der Waals surface area contributed by atoms with Crippen LogP contribution in [-0.4, -0.2) is 93.6 Å². The van der Waals surface area contributed by atoms with Crippen molar-refractivity contribution in [2.45, 2.75) is 69.7 Å². The van der Waals surface area contributed by atoms with Gasteiger partial charge in [-0.3, -0.25) is 14.4 Å². The maximum atomic E-state index is 14.6. The average Bonchev–Trinajstić information content (AvgIpc) is 3.21. The second kappa shape index (κ2) is 10.9. The molecule has 5 rings (SSSR count). The van der Waals surface area contributed by atoms with E-state index in [0.717, 1.165) is 24.8 Å². The number of amides is 3. The molecule has 0 aromatic heterocycles. The highest BCUT2D eigenvalue weighted by Crippen LogP contribution is 2.58. The Morgan fingerprint density at radius 3 is 2.28 bits per heavy atom. The van der Waals surface area contributed by atoms with Crippen molar-refractivity contribution >= 4 is 17.7 Å². The van der Waals surface area contributed by atoms with Crippen molar-refractivity contribution in [1.82, 2.24) is 14.7 Å². The van der Waals surface area contributed by atoms with Gasteiger partial charge in [-0.05, 0) is 31.7 Å². The first kappa shape index (κ1) is 27.6. The Hall–Kier alpha value is -2.97. The van der Waals surface area contributed by atoms with E-state index in [1.54, 1.807) is 14.7 Å². The van der Waals surface area contributed by atoms with Crippen LogP contribution in [0.5, 0.6) is 0 Å². The fourth-order valence-electron chi connectivity index (χ4n) is 7.11. The van der Waals surface area contributed by atoms with Crippen LogP contribution in [0.15, 0.2) is 54.6 Å². The summed E-state index contributed by atoms with van der Waals surface area (Å²) in [7, 11) is 0. The fourth-order valence-corrected chi connectivity index (χ4v) is 7.11. The lowest BCUT2D eigenvalue weighted by Gasteiger charge is -2.40. The zero-order valence-corrected chi connectivity index (χ0v) is 23.3. The van der Waals surface area contributed by atoms with Crippen molar-refractivity contribution < 1.29 is 24.2 Å². The summed E-state index contributed by atoms with van der Waals surface area (Å²) in [6, 6.07) is 8.09. The Morgan fingerprint density at radius 2 is 1.62 bits per heavy atom. The summed E-state index contributed by atoms with van der Waals surface area (Å²) >= 11 is 0. The molecule has 1 spiro atoms. The van der Waals surface area contributed by atoms with Gasteiger partial charge in [-0.15, -0.1) is 0 Å². The number of fused-ring (bicyclic) bond motifs is 2. The van der Waals surface area contributed by atoms with Crippen molar-refractivity contribution in [2.75, 3.05) is 32.8 Å². The molecular weight excluding hydrogens is 494 g/mol. The highest BCUT2D eigenvalue weighted by Gasteiger charge is 2.75. The minimum Gasteiger partial charge on any atom is -0.394 e. The van der Waals surface area contributed by atoms with E-state index in [9.17, 15) is 19.5 Å². The standard InChI is InChI=1S/C31H41N3O5/c1-4-6-17-33-19-11-15-31-25(24-27(36)32(16-5-2)18-10-14-30(24,3)39-31)28(37)34(26(31)29(33)38)23(21-35)20-22-12-8-7-9-13-22/h7-15,23-26,35H,4-6,16-21H2,1-3H3/t23-,24+,25+,26?,30-,31+/m1/s1. The van der Waals surface area contributed by atoms with E-state index < -0.39 is 35.1 Å². The quantitative estimate of drug-likeness (QED) is 0.491. The molecule has 0 bridgehead atoms. The van der Waals surface area contributed by atoms with Crippen LogP contribution < -0.4 is 0 Å². The third-order valence-electron chi connectivity index (χ3n) is 8.86. The lowest BCUT2D eigenvalue weighted by Crippen LogP contribution is -2.59.